The van der Waals surface area contributed by atoms with Gasteiger partial charge in [-0.25, -0.2) is 14.5 Å². The quantitative estimate of drug-likeness (QED) is 0.703. The molecule has 0 fully saturated rings. The molecule has 7 nitrogen and oxygen atoms in total. The summed E-state index contributed by atoms with van der Waals surface area (Å²) in [5.41, 5.74) is 0.769. The second kappa shape index (κ2) is 7.03. The maximum absolute atomic E-state index is 12.6. The number of likely N-dealkylation sites (N-methyl/N-ethyl adjacent to an activating group) is 1. The number of hydrogen-bond acceptors (Lipinski definition) is 5. The van der Waals surface area contributed by atoms with Crippen LogP contribution in [0, 0.1) is 0 Å². The second-order valence-electron chi connectivity index (χ2n) is 6.64. The Morgan fingerprint density at radius 2 is 2.12 bits per heavy atom. The van der Waals surface area contributed by atoms with Crippen molar-refractivity contribution in [3.8, 4) is 0 Å². The zero-order valence-corrected chi connectivity index (χ0v) is 15.5. The highest BCUT2D eigenvalue weighted by molar-refractivity contribution is 7.18. The summed E-state index contributed by atoms with van der Waals surface area (Å²) in [6.45, 7) is 1.10. The number of para-hydroxylation sites is 1. The number of thiazole rings is 1. The van der Waals surface area contributed by atoms with Crippen LogP contribution in [-0.4, -0.2) is 37.2 Å². The van der Waals surface area contributed by atoms with Crippen molar-refractivity contribution >= 4 is 27.5 Å². The van der Waals surface area contributed by atoms with Crippen LogP contribution in [-0.2, 0) is 30.8 Å². The molecule has 136 valence electrons. The Morgan fingerprint density at radius 3 is 2.96 bits per heavy atom. The number of carbonyl (C=O) groups is 1. The van der Waals surface area contributed by atoms with E-state index in [1.807, 2.05) is 24.3 Å². The lowest BCUT2D eigenvalue weighted by Crippen LogP contribution is -2.34. The molecule has 0 aliphatic carbocycles. The standard InChI is InChI=1S/C18H21N5O2S/c1-21(11-16-19-13-7-4-5-8-14(13)26-16)17(24)12-23-18(25)22-10-6-2-3-9-15(22)20-23/h4-5,7-8H,2-3,6,9-12H2,1H3. The molecule has 0 saturated heterocycles. The topological polar surface area (TPSA) is 73.0 Å². The smallest absolute Gasteiger partial charge is 0.337 e. The van der Waals surface area contributed by atoms with Crippen LogP contribution in [0.5, 0.6) is 0 Å². The van der Waals surface area contributed by atoms with Gasteiger partial charge in [0.1, 0.15) is 17.4 Å². The minimum absolute atomic E-state index is 0.0276. The predicted octanol–water partition coefficient (Wildman–Crippen LogP) is 2.04. The number of aromatic nitrogens is 4. The van der Waals surface area contributed by atoms with Crippen molar-refractivity contribution in [1.29, 1.82) is 0 Å². The van der Waals surface area contributed by atoms with Crippen LogP contribution in [0.15, 0.2) is 29.1 Å². The van der Waals surface area contributed by atoms with Crippen molar-refractivity contribution in [2.45, 2.75) is 45.3 Å². The monoisotopic (exact) mass is 371 g/mol. The van der Waals surface area contributed by atoms with Crippen LogP contribution >= 0.6 is 11.3 Å². The highest BCUT2D eigenvalue weighted by atomic mass is 32.1. The van der Waals surface area contributed by atoms with Gasteiger partial charge in [-0.2, -0.15) is 5.10 Å². The van der Waals surface area contributed by atoms with Crippen LogP contribution in [0.2, 0.25) is 0 Å². The molecule has 4 rings (SSSR count). The largest absolute Gasteiger partial charge is 0.346 e. The first-order valence-electron chi connectivity index (χ1n) is 8.87. The van der Waals surface area contributed by atoms with Crippen LogP contribution in [0.3, 0.4) is 0 Å². The molecule has 0 saturated carbocycles. The van der Waals surface area contributed by atoms with Crippen molar-refractivity contribution in [3.05, 3.63) is 45.6 Å². The lowest BCUT2D eigenvalue weighted by molar-refractivity contribution is -0.131. The fourth-order valence-corrected chi connectivity index (χ4v) is 4.28. The van der Waals surface area contributed by atoms with E-state index in [-0.39, 0.29) is 18.1 Å². The van der Waals surface area contributed by atoms with Gasteiger partial charge in [-0.05, 0) is 25.0 Å². The number of aryl methyl sites for hydroxylation is 1. The molecular weight excluding hydrogens is 350 g/mol. The molecule has 0 atom stereocenters. The van der Waals surface area contributed by atoms with E-state index in [2.05, 4.69) is 10.1 Å². The summed E-state index contributed by atoms with van der Waals surface area (Å²) >= 11 is 1.58. The van der Waals surface area contributed by atoms with Crippen molar-refractivity contribution in [1.82, 2.24) is 24.2 Å². The number of benzene rings is 1. The summed E-state index contributed by atoms with van der Waals surface area (Å²) in [6, 6.07) is 7.93. The van der Waals surface area contributed by atoms with Gasteiger partial charge >= 0.3 is 5.69 Å². The van der Waals surface area contributed by atoms with Gasteiger partial charge in [0.15, 0.2) is 0 Å². The van der Waals surface area contributed by atoms with E-state index < -0.39 is 0 Å². The Labute approximate surface area is 154 Å². The third-order valence-electron chi connectivity index (χ3n) is 4.70. The summed E-state index contributed by atoms with van der Waals surface area (Å²) in [7, 11) is 1.74. The van der Waals surface area contributed by atoms with Crippen molar-refractivity contribution < 1.29 is 4.79 Å². The van der Waals surface area contributed by atoms with Gasteiger partial charge in [0, 0.05) is 20.0 Å². The predicted molar refractivity (Wildman–Crippen MR) is 100 cm³/mol. The summed E-state index contributed by atoms with van der Waals surface area (Å²) in [4.78, 5) is 31.2. The molecule has 0 unspecified atom stereocenters. The fraction of sp³-hybridized carbons (Fsp3) is 0.444. The minimum atomic E-state index is -0.177. The number of nitrogens with zero attached hydrogens (tertiary/aromatic N) is 5. The van der Waals surface area contributed by atoms with E-state index in [1.54, 1.807) is 27.9 Å². The third kappa shape index (κ3) is 3.29. The van der Waals surface area contributed by atoms with E-state index in [0.717, 1.165) is 46.7 Å². The number of carbonyl (C=O) groups excluding carboxylic acids is 1. The molecule has 1 aliphatic rings. The molecule has 2 aromatic heterocycles. The molecule has 3 aromatic rings. The lowest BCUT2D eigenvalue weighted by Gasteiger charge is -2.15. The number of amides is 1. The molecule has 1 amide bonds. The zero-order chi connectivity index (χ0) is 18.1. The number of fused-ring (bicyclic) bond motifs is 2. The van der Waals surface area contributed by atoms with Gasteiger partial charge < -0.3 is 4.90 Å². The average Bonchev–Trinajstić information content (AvgIpc) is 3.06. The van der Waals surface area contributed by atoms with E-state index in [4.69, 9.17) is 0 Å². The van der Waals surface area contributed by atoms with Crippen LogP contribution < -0.4 is 5.69 Å². The molecule has 0 N–H and O–H groups in total. The Morgan fingerprint density at radius 1 is 1.27 bits per heavy atom. The SMILES string of the molecule is CN(Cc1nc2ccccc2s1)C(=O)Cn1nc2n(c1=O)CCCCC2. The molecular formula is C18H21N5O2S. The molecule has 3 heterocycles. The first-order valence-corrected chi connectivity index (χ1v) is 9.68. The number of rotatable bonds is 4. The lowest BCUT2D eigenvalue weighted by atomic mass is 10.2. The molecule has 26 heavy (non-hydrogen) atoms. The average molecular weight is 371 g/mol. The molecule has 0 spiro atoms. The fourth-order valence-electron chi connectivity index (χ4n) is 3.26. The summed E-state index contributed by atoms with van der Waals surface area (Å²) < 4.78 is 4.13. The maximum Gasteiger partial charge on any atom is 0.346 e. The number of hydrogen-bond donors (Lipinski definition) is 0. The van der Waals surface area contributed by atoms with Crippen LogP contribution in [0.4, 0.5) is 0 Å². The highest BCUT2D eigenvalue weighted by Crippen LogP contribution is 2.22. The van der Waals surface area contributed by atoms with Gasteiger partial charge in [-0.15, -0.1) is 11.3 Å². The van der Waals surface area contributed by atoms with E-state index >= 15 is 0 Å². The Bertz CT molecular complexity index is 970. The van der Waals surface area contributed by atoms with E-state index in [0.29, 0.717) is 13.1 Å². The Balaban J connectivity index is 1.46. The first-order chi connectivity index (χ1) is 12.6. The van der Waals surface area contributed by atoms with E-state index in [1.165, 1.54) is 4.68 Å². The summed E-state index contributed by atoms with van der Waals surface area (Å²) in [5.74, 6) is 0.661. The second-order valence-corrected chi connectivity index (χ2v) is 7.76. The molecule has 0 bridgehead atoms. The highest BCUT2D eigenvalue weighted by Gasteiger charge is 2.19. The minimum Gasteiger partial charge on any atom is -0.337 e. The van der Waals surface area contributed by atoms with Gasteiger partial charge in [-0.1, -0.05) is 18.6 Å². The Hall–Kier alpha value is -2.48. The van der Waals surface area contributed by atoms with Crippen LogP contribution in [0.25, 0.3) is 10.2 Å². The summed E-state index contributed by atoms with van der Waals surface area (Å²) in [6.07, 6.45) is 3.95. The Kier molecular flexibility index (Phi) is 4.58. The molecule has 1 aromatic carbocycles. The third-order valence-corrected chi connectivity index (χ3v) is 5.72. The van der Waals surface area contributed by atoms with Gasteiger partial charge in [-0.3, -0.25) is 9.36 Å². The van der Waals surface area contributed by atoms with E-state index in [9.17, 15) is 9.59 Å². The first kappa shape index (κ1) is 17.0. The van der Waals surface area contributed by atoms with Crippen molar-refractivity contribution in [3.63, 3.8) is 0 Å². The van der Waals surface area contributed by atoms with Gasteiger partial charge in [0.2, 0.25) is 5.91 Å². The van der Waals surface area contributed by atoms with Gasteiger partial charge in [0.05, 0.1) is 16.8 Å². The molecule has 0 radical (unpaired) electrons. The van der Waals surface area contributed by atoms with Crippen LogP contribution in [0.1, 0.15) is 30.1 Å². The maximum atomic E-state index is 12.6. The molecule has 8 heteroatoms. The molecule has 1 aliphatic heterocycles. The van der Waals surface area contributed by atoms with Gasteiger partial charge in [0.25, 0.3) is 0 Å². The normalized spacial score (nSPS) is 14.2. The van der Waals surface area contributed by atoms with Crippen molar-refractivity contribution in [2.75, 3.05) is 7.05 Å². The summed E-state index contributed by atoms with van der Waals surface area (Å²) in [5, 5.41) is 5.27. The van der Waals surface area contributed by atoms with Crippen molar-refractivity contribution in [2.24, 2.45) is 0 Å². The zero-order valence-electron chi connectivity index (χ0n) is 14.7.